The van der Waals surface area contributed by atoms with Gasteiger partial charge in [-0.15, -0.1) is 0 Å². The number of ketones is 1. The predicted molar refractivity (Wildman–Crippen MR) is 356 cm³/mol. The lowest BCUT2D eigenvalue weighted by atomic mass is 9.98. The maximum absolute atomic E-state index is 14.1. The summed E-state index contributed by atoms with van der Waals surface area (Å²) in [5.74, 6) is 0.0812. The van der Waals surface area contributed by atoms with Gasteiger partial charge in [0.05, 0.1) is 47.9 Å². The van der Waals surface area contributed by atoms with E-state index in [9.17, 15) is 28.8 Å². The SMILES string of the molecule is CC(C)OC(=O)N[C@@H](C(=O)N1CCC[C@H]1C(=O)Cc1ccc2[nH]c(-c3ccc(-c4ncc([C@@H]5CCCN5C(=O)[C@H](NC(=O)OC(C)C)c5ccccc5)[nH]4)cc3)cc2c1)c1ccccc1.O=C(OCc1ccccc1)N1CCC[C@H]1C1=CN=C(c2ccc(Br)cc2)C1. The Morgan fingerprint density at radius 3 is 1.80 bits per heavy atom. The molecule has 5 amide bonds. The van der Waals surface area contributed by atoms with Crippen molar-refractivity contribution in [1.82, 2.24) is 40.3 Å². The van der Waals surface area contributed by atoms with Gasteiger partial charge in [0.25, 0.3) is 5.91 Å². The number of benzene rings is 6. The summed E-state index contributed by atoms with van der Waals surface area (Å²) < 4.78 is 17.2. The molecule has 474 valence electrons. The number of fused-ring (bicyclic) bond motifs is 1. The molecule has 0 unspecified atom stereocenters. The van der Waals surface area contributed by atoms with E-state index in [0.29, 0.717) is 49.5 Å². The minimum atomic E-state index is -0.983. The molecule has 8 aromatic rings. The van der Waals surface area contributed by atoms with Gasteiger partial charge in [-0.25, -0.2) is 19.4 Å². The maximum Gasteiger partial charge on any atom is 0.410 e. The van der Waals surface area contributed by atoms with Gasteiger partial charge in [0, 0.05) is 65.3 Å². The van der Waals surface area contributed by atoms with Crippen LogP contribution >= 0.6 is 15.9 Å². The number of aromatic nitrogens is 3. The Morgan fingerprint density at radius 2 is 1.16 bits per heavy atom. The summed E-state index contributed by atoms with van der Waals surface area (Å²) >= 11 is 3.46. The lowest BCUT2D eigenvalue weighted by Gasteiger charge is -2.29. The highest BCUT2D eigenvalue weighted by Crippen LogP contribution is 2.36. The molecule has 0 bridgehead atoms. The van der Waals surface area contributed by atoms with Crippen molar-refractivity contribution in [2.45, 2.75) is 128 Å². The van der Waals surface area contributed by atoms with Crippen LogP contribution in [0.3, 0.4) is 0 Å². The summed E-state index contributed by atoms with van der Waals surface area (Å²) in [5.41, 5.74) is 11.0. The van der Waals surface area contributed by atoms with Gasteiger partial charge in [-0.2, -0.15) is 0 Å². The van der Waals surface area contributed by atoms with Crippen molar-refractivity contribution in [2.24, 2.45) is 4.99 Å². The summed E-state index contributed by atoms with van der Waals surface area (Å²) in [5, 5.41) is 6.48. The molecule has 12 rings (SSSR count). The number of imidazole rings is 1. The summed E-state index contributed by atoms with van der Waals surface area (Å²) in [4.78, 5) is 101. The van der Waals surface area contributed by atoms with E-state index >= 15 is 0 Å². The number of aliphatic imine (C=N–C) groups is 1. The van der Waals surface area contributed by atoms with Crippen molar-refractivity contribution in [3.63, 3.8) is 0 Å². The summed E-state index contributed by atoms with van der Waals surface area (Å²) in [6.07, 6.45) is 7.18. The third-order valence-electron chi connectivity index (χ3n) is 17.0. The van der Waals surface area contributed by atoms with Gasteiger partial charge >= 0.3 is 18.3 Å². The molecule has 2 aromatic heterocycles. The number of hydrogen-bond acceptors (Lipinski definition) is 11. The number of amides is 5. The van der Waals surface area contributed by atoms with E-state index < -0.39 is 30.3 Å². The number of alkyl carbamates (subject to hydrolysis) is 2. The molecule has 0 saturated carbocycles. The van der Waals surface area contributed by atoms with E-state index in [1.807, 2.05) is 137 Å². The molecule has 0 radical (unpaired) electrons. The lowest BCUT2D eigenvalue weighted by Crippen LogP contribution is -2.48. The van der Waals surface area contributed by atoms with Crippen LogP contribution < -0.4 is 10.6 Å². The molecule has 6 aromatic carbocycles. The summed E-state index contributed by atoms with van der Waals surface area (Å²) in [6.45, 7) is 9.03. The number of carbonyl (C=O) groups is 6. The van der Waals surface area contributed by atoms with E-state index in [0.717, 1.165) is 98.9 Å². The zero-order valence-electron chi connectivity index (χ0n) is 52.1. The van der Waals surface area contributed by atoms with Crippen molar-refractivity contribution in [3.05, 3.63) is 220 Å². The minimum Gasteiger partial charge on any atom is -0.447 e. The van der Waals surface area contributed by atoms with E-state index in [1.54, 1.807) is 63.1 Å². The fourth-order valence-electron chi connectivity index (χ4n) is 12.5. The van der Waals surface area contributed by atoms with Gasteiger partial charge < -0.3 is 49.5 Å². The van der Waals surface area contributed by atoms with Crippen molar-refractivity contribution >= 4 is 68.4 Å². The maximum atomic E-state index is 14.1. The Morgan fingerprint density at radius 1 is 0.598 bits per heavy atom. The first-order valence-electron chi connectivity index (χ1n) is 31.6. The fraction of sp³-hybridized carbons (Fsp3) is 0.315. The average molecular weight is 1300 g/mol. The third-order valence-corrected chi connectivity index (χ3v) is 17.5. The number of ether oxygens (including phenoxy) is 3. The number of Topliss-reactive ketones (excluding diaryl/α,β-unsaturated/α-hetero) is 1. The molecule has 0 aliphatic carbocycles. The number of carbonyl (C=O) groups excluding carboxylic acids is 6. The molecule has 0 spiro atoms. The molecular weight excluding hydrogens is 1230 g/mol. The van der Waals surface area contributed by atoms with Crippen LogP contribution in [0.5, 0.6) is 0 Å². The third kappa shape index (κ3) is 15.6. The Labute approximate surface area is 544 Å². The number of hydrogen-bond donors (Lipinski definition) is 4. The zero-order chi connectivity index (χ0) is 64.3. The van der Waals surface area contributed by atoms with E-state index in [2.05, 4.69) is 59.7 Å². The molecule has 18 nitrogen and oxygen atoms in total. The number of aromatic amines is 2. The monoisotopic (exact) mass is 1300 g/mol. The van der Waals surface area contributed by atoms with E-state index in [-0.39, 0.29) is 54.4 Å². The molecule has 4 aliphatic rings. The first-order chi connectivity index (χ1) is 44.6. The largest absolute Gasteiger partial charge is 0.447 e. The molecule has 6 heterocycles. The zero-order valence-corrected chi connectivity index (χ0v) is 53.6. The average Bonchev–Trinajstić information content (AvgIpc) is 1.69. The van der Waals surface area contributed by atoms with Gasteiger partial charge in [-0.1, -0.05) is 149 Å². The Kier molecular flexibility index (Phi) is 20.5. The van der Waals surface area contributed by atoms with Crippen LogP contribution in [-0.4, -0.2) is 115 Å². The van der Waals surface area contributed by atoms with Gasteiger partial charge in [-0.3, -0.25) is 19.4 Å². The first kappa shape index (κ1) is 63.9. The van der Waals surface area contributed by atoms with Gasteiger partial charge in [0.1, 0.15) is 24.5 Å². The molecule has 3 fully saturated rings. The molecular formula is C73H76BrN9O9. The number of H-pyrrole nitrogens is 2. The van der Waals surface area contributed by atoms with Crippen LogP contribution in [-0.2, 0) is 41.6 Å². The first-order valence-corrected chi connectivity index (χ1v) is 32.4. The predicted octanol–water partition coefficient (Wildman–Crippen LogP) is 14.1. The standard InChI is InChI=1S/C51H55N7O7.C22H21BrN2O2/c1-31(2)64-50(62)55-45(35-13-7-5-8-14-35)48(60)57-25-11-17-42(57)41-30-52-47(54-41)37-22-20-34(21-23-37)40-29-38-27-33(19-24-39(38)53-40)28-44(59)43-18-12-26-58(43)49(61)46(36-15-9-6-10-16-36)56-51(63)65-32(3)4;23-19-10-8-17(9-11-19)20-13-18(14-24-20)21-7-4-12-25(21)22(26)27-15-16-5-2-1-3-6-16/h5-10,13-16,19-24,27,29-32,42-43,45-46,53H,11-12,17-18,25-26,28H2,1-4H3,(H,52,54)(H,55,62)(H,56,63);1-3,5-6,8-11,14,21H,4,7,12-13,15H2/t42-,43-,45+,46+;21-/m00/s1. The molecule has 3 saturated heterocycles. The van der Waals surface area contributed by atoms with Crippen LogP contribution in [0, 0.1) is 0 Å². The Hall–Kier alpha value is -9.62. The van der Waals surface area contributed by atoms with Crippen LogP contribution in [0.25, 0.3) is 33.5 Å². The molecule has 4 N–H and O–H groups in total. The Bertz CT molecular complexity index is 3960. The van der Waals surface area contributed by atoms with Crippen LogP contribution in [0.2, 0.25) is 0 Å². The summed E-state index contributed by atoms with van der Waals surface area (Å²) in [7, 11) is 0. The normalized spacial score (nSPS) is 17.6. The van der Waals surface area contributed by atoms with Crippen LogP contribution in [0.1, 0.15) is 124 Å². The second kappa shape index (κ2) is 29.6. The molecule has 5 atom stereocenters. The van der Waals surface area contributed by atoms with E-state index in [4.69, 9.17) is 19.2 Å². The van der Waals surface area contributed by atoms with Crippen LogP contribution in [0.15, 0.2) is 191 Å². The topological polar surface area (TPSA) is 221 Å². The summed E-state index contributed by atoms with van der Waals surface area (Å²) in [6, 6.07) is 49.6. The number of likely N-dealkylation sites (tertiary alicyclic amines) is 3. The highest BCUT2D eigenvalue weighted by atomic mass is 79.9. The van der Waals surface area contributed by atoms with Crippen molar-refractivity contribution in [1.29, 1.82) is 0 Å². The molecule has 19 heteroatoms. The second-order valence-electron chi connectivity index (χ2n) is 24.1. The lowest BCUT2D eigenvalue weighted by molar-refractivity contribution is -0.139. The Balaban J connectivity index is 0.000000266. The smallest absolute Gasteiger partial charge is 0.410 e. The van der Waals surface area contributed by atoms with Crippen molar-refractivity contribution in [3.8, 4) is 22.6 Å². The van der Waals surface area contributed by atoms with Crippen molar-refractivity contribution < 1.29 is 43.0 Å². The second-order valence-corrected chi connectivity index (χ2v) is 25.0. The fourth-order valence-corrected chi connectivity index (χ4v) is 12.8. The minimum absolute atomic E-state index is 0.0523. The quantitative estimate of drug-likeness (QED) is 0.0595. The van der Waals surface area contributed by atoms with Crippen LogP contribution in [0.4, 0.5) is 14.4 Å². The van der Waals surface area contributed by atoms with Crippen molar-refractivity contribution in [2.75, 3.05) is 19.6 Å². The highest BCUT2D eigenvalue weighted by Gasteiger charge is 2.40. The number of nitrogens with one attached hydrogen (secondary N) is 4. The molecule has 4 aliphatic heterocycles. The van der Waals surface area contributed by atoms with E-state index in [1.165, 1.54) is 5.57 Å². The number of rotatable bonds is 18. The molecule has 92 heavy (non-hydrogen) atoms. The number of halogens is 1. The number of nitrogens with zero attached hydrogens (tertiary/aromatic N) is 5. The van der Waals surface area contributed by atoms with Gasteiger partial charge in [0.2, 0.25) is 5.91 Å². The van der Waals surface area contributed by atoms with Gasteiger partial charge in [0.15, 0.2) is 5.78 Å². The van der Waals surface area contributed by atoms with Gasteiger partial charge in [-0.05, 0) is 136 Å². The highest BCUT2D eigenvalue weighted by molar-refractivity contribution is 9.10.